The van der Waals surface area contributed by atoms with Crippen LogP contribution in [0.4, 0.5) is 17.1 Å². The Morgan fingerprint density at radius 1 is 1.08 bits per heavy atom. The Balaban J connectivity index is 0.00000225. The number of anilines is 1. The topological polar surface area (TPSA) is 84.8 Å². The SMILES string of the molecule is CN(C(N)=Nc1cccc2ccccc12)c1cccc([N+](=O)[O-])c1.Cl. The molecule has 0 aliphatic heterocycles. The molecule has 3 aromatic rings. The van der Waals surface area contributed by atoms with Crippen LogP contribution >= 0.6 is 12.4 Å². The summed E-state index contributed by atoms with van der Waals surface area (Å²) in [5.41, 5.74) is 7.47. The minimum atomic E-state index is -0.435. The molecule has 0 heterocycles. The lowest BCUT2D eigenvalue weighted by atomic mass is 10.1. The van der Waals surface area contributed by atoms with Crippen molar-refractivity contribution >= 4 is 46.2 Å². The van der Waals surface area contributed by atoms with E-state index in [1.807, 2.05) is 42.5 Å². The van der Waals surface area contributed by atoms with Crippen molar-refractivity contribution in [1.29, 1.82) is 0 Å². The largest absolute Gasteiger partial charge is 0.369 e. The zero-order valence-electron chi connectivity index (χ0n) is 13.5. The van der Waals surface area contributed by atoms with E-state index < -0.39 is 4.92 Å². The van der Waals surface area contributed by atoms with E-state index in [4.69, 9.17) is 5.73 Å². The number of benzene rings is 3. The van der Waals surface area contributed by atoms with Crippen LogP contribution < -0.4 is 10.6 Å². The Morgan fingerprint density at radius 3 is 2.52 bits per heavy atom. The van der Waals surface area contributed by atoms with Crippen molar-refractivity contribution in [2.45, 2.75) is 0 Å². The van der Waals surface area contributed by atoms with Crippen molar-refractivity contribution in [2.24, 2.45) is 10.7 Å². The molecule has 0 amide bonds. The molecule has 3 rings (SSSR count). The van der Waals surface area contributed by atoms with E-state index in [1.165, 1.54) is 12.1 Å². The second-order valence-electron chi connectivity index (χ2n) is 5.30. The van der Waals surface area contributed by atoms with E-state index in [0.29, 0.717) is 5.69 Å². The van der Waals surface area contributed by atoms with Crippen molar-refractivity contribution < 1.29 is 4.92 Å². The molecule has 0 aliphatic rings. The molecule has 6 nitrogen and oxygen atoms in total. The van der Waals surface area contributed by atoms with Gasteiger partial charge >= 0.3 is 0 Å². The van der Waals surface area contributed by atoms with E-state index in [2.05, 4.69) is 4.99 Å². The monoisotopic (exact) mass is 356 g/mol. The zero-order chi connectivity index (χ0) is 17.1. The quantitative estimate of drug-likeness (QED) is 0.329. The van der Waals surface area contributed by atoms with Crippen LogP contribution in [0.1, 0.15) is 0 Å². The van der Waals surface area contributed by atoms with E-state index in [0.717, 1.165) is 16.5 Å². The average Bonchev–Trinajstić information content (AvgIpc) is 2.61. The molecular weight excluding hydrogens is 340 g/mol. The van der Waals surface area contributed by atoms with Gasteiger partial charge in [-0.2, -0.15) is 0 Å². The Bertz CT molecular complexity index is 938. The number of nitrogens with two attached hydrogens (primary N) is 1. The van der Waals surface area contributed by atoms with E-state index in [-0.39, 0.29) is 24.1 Å². The summed E-state index contributed by atoms with van der Waals surface area (Å²) >= 11 is 0. The molecule has 0 aromatic heterocycles. The molecule has 7 heteroatoms. The fourth-order valence-electron chi connectivity index (χ4n) is 2.45. The van der Waals surface area contributed by atoms with Crippen molar-refractivity contribution in [3.63, 3.8) is 0 Å². The number of non-ortho nitro benzene ring substituents is 1. The predicted octanol–water partition coefficient (Wildman–Crippen LogP) is 4.25. The van der Waals surface area contributed by atoms with Crippen LogP contribution in [-0.4, -0.2) is 17.9 Å². The fraction of sp³-hybridized carbons (Fsp3) is 0.0556. The highest BCUT2D eigenvalue weighted by Crippen LogP contribution is 2.26. The van der Waals surface area contributed by atoms with Gasteiger partial charge in [0.1, 0.15) is 0 Å². The van der Waals surface area contributed by atoms with Gasteiger partial charge in [-0.25, -0.2) is 4.99 Å². The van der Waals surface area contributed by atoms with Crippen LogP contribution in [0.25, 0.3) is 10.8 Å². The van der Waals surface area contributed by atoms with Crippen LogP contribution in [0, 0.1) is 10.1 Å². The van der Waals surface area contributed by atoms with Gasteiger partial charge in [-0.3, -0.25) is 10.1 Å². The third-order valence-electron chi connectivity index (χ3n) is 3.77. The van der Waals surface area contributed by atoms with Crippen LogP contribution in [0.3, 0.4) is 0 Å². The number of hydrogen-bond acceptors (Lipinski definition) is 3. The Hall–Kier alpha value is -3.12. The van der Waals surface area contributed by atoms with Crippen LogP contribution in [0.5, 0.6) is 0 Å². The molecule has 0 spiro atoms. The summed E-state index contributed by atoms with van der Waals surface area (Å²) in [6.45, 7) is 0. The molecule has 0 unspecified atom stereocenters. The Morgan fingerprint density at radius 2 is 1.76 bits per heavy atom. The first-order chi connectivity index (χ1) is 11.6. The molecule has 25 heavy (non-hydrogen) atoms. The number of fused-ring (bicyclic) bond motifs is 1. The normalized spacial score (nSPS) is 11.0. The van der Waals surface area contributed by atoms with Crippen molar-refractivity contribution in [3.05, 3.63) is 76.8 Å². The number of aliphatic imine (C=N–C) groups is 1. The van der Waals surface area contributed by atoms with Gasteiger partial charge in [-0.05, 0) is 17.5 Å². The van der Waals surface area contributed by atoms with Crippen molar-refractivity contribution in [2.75, 3.05) is 11.9 Å². The number of nitro benzene ring substituents is 1. The van der Waals surface area contributed by atoms with E-state index >= 15 is 0 Å². The summed E-state index contributed by atoms with van der Waals surface area (Å²) < 4.78 is 0. The van der Waals surface area contributed by atoms with Gasteiger partial charge in [-0.1, -0.05) is 42.5 Å². The zero-order valence-corrected chi connectivity index (χ0v) is 14.3. The van der Waals surface area contributed by atoms with Crippen LogP contribution in [0.2, 0.25) is 0 Å². The maximum Gasteiger partial charge on any atom is 0.271 e. The van der Waals surface area contributed by atoms with Gasteiger partial charge in [0.05, 0.1) is 16.3 Å². The molecular formula is C18H17ClN4O2. The van der Waals surface area contributed by atoms with Crippen molar-refractivity contribution in [3.8, 4) is 0 Å². The highest BCUT2D eigenvalue weighted by molar-refractivity contribution is 6.00. The third-order valence-corrected chi connectivity index (χ3v) is 3.77. The number of nitrogens with zero attached hydrogens (tertiary/aromatic N) is 3. The lowest BCUT2D eigenvalue weighted by Crippen LogP contribution is -2.33. The fourth-order valence-corrected chi connectivity index (χ4v) is 2.45. The average molecular weight is 357 g/mol. The summed E-state index contributed by atoms with van der Waals surface area (Å²) in [4.78, 5) is 16.6. The first-order valence-corrected chi connectivity index (χ1v) is 7.36. The first kappa shape index (κ1) is 18.2. The Kier molecular flexibility index (Phi) is 5.56. The van der Waals surface area contributed by atoms with Gasteiger partial charge < -0.3 is 10.6 Å². The highest BCUT2D eigenvalue weighted by atomic mass is 35.5. The van der Waals surface area contributed by atoms with Gasteiger partial charge in [0, 0.05) is 24.6 Å². The lowest BCUT2D eigenvalue weighted by Gasteiger charge is -2.18. The van der Waals surface area contributed by atoms with Gasteiger partial charge in [-0.15, -0.1) is 12.4 Å². The standard InChI is InChI=1S/C18H16N4O2.ClH/c1-21(14-8-5-9-15(12-14)22(23)24)18(19)20-17-11-4-7-13-6-2-3-10-16(13)17;/h2-12H,1H3,(H2,19,20);1H. The smallest absolute Gasteiger partial charge is 0.271 e. The number of guanidine groups is 1. The molecule has 0 fully saturated rings. The molecule has 0 saturated carbocycles. The minimum Gasteiger partial charge on any atom is -0.369 e. The number of nitro groups is 1. The van der Waals surface area contributed by atoms with Gasteiger partial charge in [0.2, 0.25) is 5.96 Å². The summed E-state index contributed by atoms with van der Waals surface area (Å²) in [6, 6.07) is 20.0. The second-order valence-corrected chi connectivity index (χ2v) is 5.30. The predicted molar refractivity (Wildman–Crippen MR) is 104 cm³/mol. The minimum absolute atomic E-state index is 0. The van der Waals surface area contributed by atoms with E-state index in [1.54, 1.807) is 24.1 Å². The molecule has 0 radical (unpaired) electrons. The molecule has 0 bridgehead atoms. The summed E-state index contributed by atoms with van der Waals surface area (Å²) in [7, 11) is 1.73. The van der Waals surface area contributed by atoms with Gasteiger partial charge in [0.15, 0.2) is 0 Å². The maximum absolute atomic E-state index is 10.9. The van der Waals surface area contributed by atoms with Crippen LogP contribution in [-0.2, 0) is 0 Å². The van der Waals surface area contributed by atoms with Crippen molar-refractivity contribution in [1.82, 2.24) is 0 Å². The number of rotatable bonds is 3. The second kappa shape index (κ2) is 7.63. The molecule has 3 aromatic carbocycles. The number of hydrogen-bond donors (Lipinski definition) is 1. The van der Waals surface area contributed by atoms with Crippen LogP contribution in [0.15, 0.2) is 71.7 Å². The lowest BCUT2D eigenvalue weighted by molar-refractivity contribution is -0.384. The molecule has 128 valence electrons. The summed E-state index contributed by atoms with van der Waals surface area (Å²) in [5.74, 6) is 0.256. The molecule has 0 atom stereocenters. The number of halogens is 1. The molecule has 0 aliphatic carbocycles. The summed E-state index contributed by atoms with van der Waals surface area (Å²) in [5, 5.41) is 13.0. The highest BCUT2D eigenvalue weighted by Gasteiger charge is 2.11. The van der Waals surface area contributed by atoms with E-state index in [9.17, 15) is 10.1 Å². The maximum atomic E-state index is 10.9. The molecule has 2 N–H and O–H groups in total. The Labute approximate surface area is 151 Å². The van der Waals surface area contributed by atoms with Gasteiger partial charge in [0.25, 0.3) is 5.69 Å². The third kappa shape index (κ3) is 3.87. The summed E-state index contributed by atoms with van der Waals surface area (Å²) in [6.07, 6.45) is 0. The molecule has 0 saturated heterocycles. The first-order valence-electron chi connectivity index (χ1n) is 7.36.